The van der Waals surface area contributed by atoms with Crippen molar-refractivity contribution in [3.05, 3.63) is 0 Å². The highest BCUT2D eigenvalue weighted by molar-refractivity contribution is 5.83. The Morgan fingerprint density at radius 2 is 2.29 bits per heavy atom. The normalized spacial score (nSPS) is 30.6. The first kappa shape index (κ1) is 9.97. The third-order valence-electron chi connectivity index (χ3n) is 3.78. The highest BCUT2D eigenvalue weighted by Gasteiger charge is 2.38. The van der Waals surface area contributed by atoms with Crippen molar-refractivity contribution >= 4 is 5.91 Å². The zero-order valence-electron chi connectivity index (χ0n) is 9.18. The van der Waals surface area contributed by atoms with Gasteiger partial charge >= 0.3 is 0 Å². The fraction of sp³-hybridized carbons (Fsp3) is 0.909. The molecule has 1 amide bonds. The van der Waals surface area contributed by atoms with Gasteiger partial charge in [-0.05, 0) is 31.7 Å². The number of carbonyl (C=O) groups is 1. The molecule has 80 valence electrons. The van der Waals surface area contributed by atoms with Crippen molar-refractivity contribution in [1.82, 2.24) is 10.2 Å². The lowest BCUT2D eigenvalue weighted by Gasteiger charge is -2.41. The van der Waals surface area contributed by atoms with Gasteiger partial charge < -0.3 is 10.2 Å². The SMILES string of the molecule is CNC1CCN(CC2(C)CCC2)C1=O. The van der Waals surface area contributed by atoms with Crippen molar-refractivity contribution < 1.29 is 4.79 Å². The molecule has 1 N–H and O–H groups in total. The summed E-state index contributed by atoms with van der Waals surface area (Å²) in [4.78, 5) is 13.9. The second-order valence-electron chi connectivity index (χ2n) is 5.05. The van der Waals surface area contributed by atoms with Crippen molar-refractivity contribution in [2.24, 2.45) is 5.41 Å². The molecular formula is C11H20N2O. The molecule has 3 heteroatoms. The second-order valence-corrected chi connectivity index (χ2v) is 5.05. The molecule has 2 rings (SSSR count). The van der Waals surface area contributed by atoms with E-state index in [1.807, 2.05) is 11.9 Å². The van der Waals surface area contributed by atoms with Crippen LogP contribution in [0, 0.1) is 5.41 Å². The summed E-state index contributed by atoms with van der Waals surface area (Å²) in [6.45, 7) is 4.22. The summed E-state index contributed by atoms with van der Waals surface area (Å²) in [6, 6.07) is 0.0821. The monoisotopic (exact) mass is 196 g/mol. The largest absolute Gasteiger partial charge is 0.341 e. The Labute approximate surface area is 85.8 Å². The van der Waals surface area contributed by atoms with E-state index in [-0.39, 0.29) is 6.04 Å². The number of rotatable bonds is 3. The molecule has 1 aliphatic heterocycles. The van der Waals surface area contributed by atoms with Crippen molar-refractivity contribution in [3.63, 3.8) is 0 Å². The minimum absolute atomic E-state index is 0.0821. The quantitative estimate of drug-likeness (QED) is 0.730. The Morgan fingerprint density at radius 1 is 1.57 bits per heavy atom. The third kappa shape index (κ3) is 1.65. The molecule has 1 saturated heterocycles. The van der Waals surface area contributed by atoms with Gasteiger partial charge in [-0.2, -0.15) is 0 Å². The van der Waals surface area contributed by atoms with E-state index in [2.05, 4.69) is 12.2 Å². The van der Waals surface area contributed by atoms with Gasteiger partial charge in [-0.1, -0.05) is 13.3 Å². The lowest BCUT2D eigenvalue weighted by Crippen LogP contribution is -2.43. The average molecular weight is 196 g/mol. The molecule has 1 atom stereocenters. The van der Waals surface area contributed by atoms with Crippen molar-refractivity contribution in [3.8, 4) is 0 Å². The number of hydrogen-bond donors (Lipinski definition) is 1. The van der Waals surface area contributed by atoms with Gasteiger partial charge in [-0.15, -0.1) is 0 Å². The molecule has 0 aromatic rings. The fourth-order valence-electron chi connectivity index (χ4n) is 2.56. The van der Waals surface area contributed by atoms with E-state index in [1.54, 1.807) is 0 Å². The van der Waals surface area contributed by atoms with Gasteiger partial charge in [-0.25, -0.2) is 0 Å². The zero-order valence-corrected chi connectivity index (χ0v) is 9.18. The minimum Gasteiger partial charge on any atom is -0.341 e. The highest BCUT2D eigenvalue weighted by atomic mass is 16.2. The Morgan fingerprint density at radius 3 is 2.71 bits per heavy atom. The number of likely N-dealkylation sites (N-methyl/N-ethyl adjacent to an activating group) is 1. The summed E-state index contributed by atoms with van der Waals surface area (Å²) in [5.74, 6) is 0.306. The van der Waals surface area contributed by atoms with E-state index in [0.29, 0.717) is 11.3 Å². The van der Waals surface area contributed by atoms with Crippen LogP contribution >= 0.6 is 0 Å². The molecule has 0 aromatic carbocycles. The number of likely N-dealkylation sites (tertiary alicyclic amines) is 1. The van der Waals surface area contributed by atoms with E-state index in [0.717, 1.165) is 19.5 Å². The van der Waals surface area contributed by atoms with E-state index in [4.69, 9.17) is 0 Å². The summed E-state index contributed by atoms with van der Waals surface area (Å²) < 4.78 is 0. The third-order valence-corrected chi connectivity index (χ3v) is 3.78. The zero-order chi connectivity index (χ0) is 10.2. The molecule has 2 fully saturated rings. The Bertz CT molecular complexity index is 235. The molecule has 0 bridgehead atoms. The Kier molecular flexibility index (Phi) is 2.52. The molecule has 1 saturated carbocycles. The van der Waals surface area contributed by atoms with Gasteiger partial charge in [0, 0.05) is 13.1 Å². The van der Waals surface area contributed by atoms with Crippen LogP contribution < -0.4 is 5.32 Å². The Balaban J connectivity index is 1.90. The van der Waals surface area contributed by atoms with Gasteiger partial charge in [0.15, 0.2) is 0 Å². The summed E-state index contributed by atoms with van der Waals surface area (Å²) in [6.07, 6.45) is 4.90. The first-order valence-electron chi connectivity index (χ1n) is 5.61. The molecule has 1 aliphatic carbocycles. The maximum atomic E-state index is 11.8. The summed E-state index contributed by atoms with van der Waals surface area (Å²) >= 11 is 0. The minimum atomic E-state index is 0.0821. The van der Waals surface area contributed by atoms with Crippen LogP contribution in [-0.4, -0.2) is 37.0 Å². The average Bonchev–Trinajstić information content (AvgIpc) is 2.45. The van der Waals surface area contributed by atoms with Crippen molar-refractivity contribution in [2.75, 3.05) is 20.1 Å². The van der Waals surface area contributed by atoms with Crippen LogP contribution in [0.3, 0.4) is 0 Å². The molecule has 0 spiro atoms. The number of nitrogens with zero attached hydrogens (tertiary/aromatic N) is 1. The van der Waals surface area contributed by atoms with Gasteiger partial charge in [-0.3, -0.25) is 4.79 Å². The molecule has 0 aromatic heterocycles. The molecule has 2 aliphatic rings. The van der Waals surface area contributed by atoms with Crippen molar-refractivity contribution in [2.45, 2.75) is 38.6 Å². The Hall–Kier alpha value is -0.570. The van der Waals surface area contributed by atoms with Gasteiger partial charge in [0.05, 0.1) is 6.04 Å². The molecular weight excluding hydrogens is 176 g/mol. The summed E-state index contributed by atoms with van der Waals surface area (Å²) in [5.41, 5.74) is 0.429. The molecule has 1 heterocycles. The van der Waals surface area contributed by atoms with Crippen molar-refractivity contribution in [1.29, 1.82) is 0 Å². The van der Waals surface area contributed by atoms with Gasteiger partial charge in [0.2, 0.25) is 5.91 Å². The maximum Gasteiger partial charge on any atom is 0.239 e. The van der Waals surface area contributed by atoms with Gasteiger partial charge in [0.25, 0.3) is 0 Å². The maximum absolute atomic E-state index is 11.8. The topological polar surface area (TPSA) is 32.3 Å². The highest BCUT2D eigenvalue weighted by Crippen LogP contribution is 2.41. The molecule has 14 heavy (non-hydrogen) atoms. The van der Waals surface area contributed by atoms with Crippen LogP contribution in [0.5, 0.6) is 0 Å². The predicted molar refractivity (Wildman–Crippen MR) is 56.0 cm³/mol. The number of nitrogens with one attached hydrogen (secondary N) is 1. The van der Waals surface area contributed by atoms with E-state index < -0.39 is 0 Å². The van der Waals surface area contributed by atoms with E-state index in [9.17, 15) is 4.79 Å². The lowest BCUT2D eigenvalue weighted by molar-refractivity contribution is -0.131. The number of amides is 1. The number of hydrogen-bond acceptors (Lipinski definition) is 2. The molecule has 0 radical (unpaired) electrons. The fourth-order valence-corrected chi connectivity index (χ4v) is 2.56. The standard InChI is InChI=1S/C11H20N2O/c1-11(5-3-6-11)8-13-7-4-9(12-2)10(13)14/h9,12H,3-8H2,1-2H3. The lowest BCUT2D eigenvalue weighted by atomic mass is 9.70. The van der Waals surface area contributed by atoms with Crippen LogP contribution in [0.15, 0.2) is 0 Å². The van der Waals surface area contributed by atoms with Crippen LogP contribution in [0.25, 0.3) is 0 Å². The van der Waals surface area contributed by atoms with Crippen LogP contribution in [0.4, 0.5) is 0 Å². The van der Waals surface area contributed by atoms with Crippen LogP contribution in [0.2, 0.25) is 0 Å². The second kappa shape index (κ2) is 3.54. The van der Waals surface area contributed by atoms with E-state index >= 15 is 0 Å². The summed E-state index contributed by atoms with van der Waals surface area (Å²) in [7, 11) is 1.87. The number of carbonyl (C=O) groups excluding carboxylic acids is 1. The van der Waals surface area contributed by atoms with Gasteiger partial charge in [0.1, 0.15) is 0 Å². The van der Waals surface area contributed by atoms with Crippen LogP contribution in [0.1, 0.15) is 32.6 Å². The predicted octanol–water partition coefficient (Wildman–Crippen LogP) is 0.997. The molecule has 1 unspecified atom stereocenters. The first-order chi connectivity index (χ1) is 6.64. The van der Waals surface area contributed by atoms with Crippen LogP contribution in [-0.2, 0) is 4.79 Å². The molecule has 3 nitrogen and oxygen atoms in total. The van der Waals surface area contributed by atoms with E-state index in [1.165, 1.54) is 19.3 Å². The smallest absolute Gasteiger partial charge is 0.239 e. The first-order valence-corrected chi connectivity index (χ1v) is 5.61. The summed E-state index contributed by atoms with van der Waals surface area (Å²) in [5, 5.41) is 3.07.